The number of aliphatic hydroxyl groups excluding tert-OH is 1. The van der Waals surface area contributed by atoms with Gasteiger partial charge in [-0.3, -0.25) is 37.3 Å². The lowest BCUT2D eigenvalue weighted by molar-refractivity contribution is -0.161. The van der Waals surface area contributed by atoms with Crippen LogP contribution in [-0.4, -0.2) is 96.7 Å². The van der Waals surface area contributed by atoms with Crippen LogP contribution in [0.4, 0.5) is 0 Å². The Labute approximate surface area is 517 Å². The van der Waals surface area contributed by atoms with Crippen molar-refractivity contribution < 1.29 is 80.2 Å². The number of unbranched alkanes of at least 4 members (excludes halogenated alkanes) is 27. The smallest absolute Gasteiger partial charge is 0.462 e. The number of carbonyl (C=O) groups excluding carboxylic acids is 4. The van der Waals surface area contributed by atoms with Crippen molar-refractivity contribution in [3.05, 3.63) is 0 Å². The molecular weight excluding hydrogens is 1130 g/mol. The van der Waals surface area contributed by atoms with Crippen molar-refractivity contribution in [1.82, 2.24) is 0 Å². The molecule has 0 radical (unpaired) electrons. The van der Waals surface area contributed by atoms with Crippen molar-refractivity contribution >= 4 is 39.5 Å². The molecular formula is C66H128O17P2. The van der Waals surface area contributed by atoms with Gasteiger partial charge in [0.15, 0.2) is 12.2 Å². The summed E-state index contributed by atoms with van der Waals surface area (Å²) in [6.45, 7) is 14.0. The lowest BCUT2D eigenvalue weighted by atomic mass is 9.99. The van der Waals surface area contributed by atoms with Crippen LogP contribution in [-0.2, 0) is 65.4 Å². The number of phosphoric acid groups is 2. The molecule has 0 saturated carbocycles. The number of aliphatic hydroxyl groups is 1. The highest BCUT2D eigenvalue weighted by atomic mass is 31.2. The zero-order valence-electron chi connectivity index (χ0n) is 55.2. The molecule has 3 N–H and O–H groups in total. The molecule has 17 nitrogen and oxygen atoms in total. The molecule has 0 aromatic carbocycles. The lowest BCUT2D eigenvalue weighted by Crippen LogP contribution is -2.30. The highest BCUT2D eigenvalue weighted by molar-refractivity contribution is 7.47. The van der Waals surface area contributed by atoms with Crippen LogP contribution < -0.4 is 0 Å². The number of phosphoric ester groups is 2. The van der Waals surface area contributed by atoms with Crippen LogP contribution in [0.2, 0.25) is 0 Å². The molecule has 0 aromatic heterocycles. The molecule has 504 valence electrons. The molecule has 0 fully saturated rings. The summed E-state index contributed by atoms with van der Waals surface area (Å²) in [5, 5.41) is 10.5. The summed E-state index contributed by atoms with van der Waals surface area (Å²) < 4.78 is 68.1. The van der Waals surface area contributed by atoms with Crippen LogP contribution in [0.5, 0.6) is 0 Å². The first-order chi connectivity index (χ1) is 40.7. The van der Waals surface area contributed by atoms with Crippen molar-refractivity contribution in [3.8, 4) is 0 Å². The fourth-order valence-electron chi connectivity index (χ4n) is 9.72. The third-order valence-corrected chi connectivity index (χ3v) is 17.7. The quantitative estimate of drug-likeness (QED) is 0.0222. The molecule has 0 saturated heterocycles. The molecule has 0 aromatic rings. The van der Waals surface area contributed by atoms with E-state index in [1.165, 1.54) is 116 Å². The highest BCUT2D eigenvalue weighted by Gasteiger charge is 2.30. The topological polar surface area (TPSA) is 237 Å². The standard InChI is InChI=1S/C66H128O17P2/c1-9-58(7)44-36-28-19-16-17-20-30-38-46-63(68)76-52-62(83-66(71)49-41-33-24-22-27-35-43-57(5)6)55-81-85(74,75)79-51-60(67)50-78-84(72,73)80-54-61(53-77-64(69)47-39-31-25-23-29-37-45-59(8)10-2)82-65(70)48-40-32-21-15-13-11-12-14-18-26-34-42-56(3)4/h56-62,67H,9-55H2,1-8H3,(H,72,73)(H,74,75)/t58?,59?,60-,61+,62+/m0/s1. The van der Waals surface area contributed by atoms with E-state index >= 15 is 0 Å². The molecule has 0 rings (SSSR count). The van der Waals surface area contributed by atoms with E-state index in [2.05, 4.69) is 55.4 Å². The highest BCUT2D eigenvalue weighted by Crippen LogP contribution is 2.45. The third-order valence-electron chi connectivity index (χ3n) is 15.8. The van der Waals surface area contributed by atoms with Crippen LogP contribution in [0, 0.1) is 23.7 Å². The number of hydrogen-bond donors (Lipinski definition) is 3. The van der Waals surface area contributed by atoms with Gasteiger partial charge < -0.3 is 33.8 Å². The second kappa shape index (κ2) is 56.1. The van der Waals surface area contributed by atoms with E-state index < -0.39 is 97.5 Å². The van der Waals surface area contributed by atoms with Crippen molar-refractivity contribution in [2.24, 2.45) is 23.7 Å². The van der Waals surface area contributed by atoms with E-state index in [1.54, 1.807) is 0 Å². The first kappa shape index (κ1) is 83.1. The average molecular weight is 1260 g/mol. The van der Waals surface area contributed by atoms with Crippen molar-refractivity contribution in [2.45, 2.75) is 337 Å². The first-order valence-electron chi connectivity index (χ1n) is 34.3. The number of carbonyl (C=O) groups is 4. The Morgan fingerprint density at radius 3 is 0.835 bits per heavy atom. The van der Waals surface area contributed by atoms with E-state index in [1.807, 2.05) is 0 Å². The number of rotatable bonds is 63. The Bertz CT molecular complexity index is 1700. The molecule has 0 bridgehead atoms. The summed E-state index contributed by atoms with van der Waals surface area (Å²) in [7, 11) is -9.89. The fraction of sp³-hybridized carbons (Fsp3) is 0.939. The van der Waals surface area contributed by atoms with Crippen molar-refractivity contribution in [3.63, 3.8) is 0 Å². The van der Waals surface area contributed by atoms with Gasteiger partial charge in [-0.25, -0.2) is 9.13 Å². The maximum Gasteiger partial charge on any atom is 0.472 e. The summed E-state index contributed by atoms with van der Waals surface area (Å²) in [4.78, 5) is 72.3. The van der Waals surface area contributed by atoms with Crippen LogP contribution >= 0.6 is 15.6 Å². The van der Waals surface area contributed by atoms with E-state index in [9.17, 15) is 43.2 Å². The van der Waals surface area contributed by atoms with Crippen LogP contribution in [0.1, 0.15) is 319 Å². The largest absolute Gasteiger partial charge is 0.472 e. The van der Waals surface area contributed by atoms with Gasteiger partial charge in [-0.05, 0) is 49.4 Å². The molecule has 0 spiro atoms. The Balaban J connectivity index is 5.25. The maximum atomic E-state index is 13.0. The Kier molecular flexibility index (Phi) is 54.8. The number of hydrogen-bond acceptors (Lipinski definition) is 15. The summed E-state index contributed by atoms with van der Waals surface area (Å²) >= 11 is 0. The lowest BCUT2D eigenvalue weighted by Gasteiger charge is -2.21. The molecule has 0 aliphatic heterocycles. The number of ether oxygens (including phenoxy) is 4. The third kappa shape index (κ3) is 58.2. The van der Waals surface area contributed by atoms with Crippen molar-refractivity contribution in [2.75, 3.05) is 39.6 Å². The summed E-state index contributed by atoms with van der Waals surface area (Å²) in [6, 6.07) is 0. The van der Waals surface area contributed by atoms with Gasteiger partial charge in [-0.2, -0.15) is 0 Å². The molecule has 7 atom stereocenters. The number of esters is 4. The van der Waals surface area contributed by atoms with Crippen molar-refractivity contribution in [1.29, 1.82) is 0 Å². The molecule has 0 aliphatic rings. The van der Waals surface area contributed by atoms with Crippen LogP contribution in [0.3, 0.4) is 0 Å². The normalized spacial score (nSPS) is 15.0. The molecule has 85 heavy (non-hydrogen) atoms. The van der Waals surface area contributed by atoms with E-state index in [0.717, 1.165) is 114 Å². The summed E-state index contributed by atoms with van der Waals surface area (Å²) in [5.41, 5.74) is 0. The zero-order valence-corrected chi connectivity index (χ0v) is 57.0. The monoisotopic (exact) mass is 1250 g/mol. The Morgan fingerprint density at radius 1 is 0.329 bits per heavy atom. The minimum Gasteiger partial charge on any atom is -0.462 e. The van der Waals surface area contributed by atoms with E-state index in [-0.39, 0.29) is 25.7 Å². The average Bonchev–Trinajstić information content (AvgIpc) is 3.47. The summed E-state index contributed by atoms with van der Waals surface area (Å²) in [5.74, 6) is 0.803. The van der Waals surface area contributed by atoms with E-state index in [0.29, 0.717) is 31.6 Å². The summed E-state index contributed by atoms with van der Waals surface area (Å²) in [6.07, 6.45) is 36.3. The van der Waals surface area contributed by atoms with Gasteiger partial charge in [0.25, 0.3) is 0 Å². The fourth-order valence-corrected chi connectivity index (χ4v) is 11.3. The van der Waals surface area contributed by atoms with Gasteiger partial charge in [-0.1, -0.05) is 267 Å². The van der Waals surface area contributed by atoms with Gasteiger partial charge in [0, 0.05) is 25.7 Å². The van der Waals surface area contributed by atoms with Crippen LogP contribution in [0.25, 0.3) is 0 Å². The van der Waals surface area contributed by atoms with Gasteiger partial charge in [0.2, 0.25) is 0 Å². The Morgan fingerprint density at radius 2 is 0.565 bits per heavy atom. The predicted molar refractivity (Wildman–Crippen MR) is 340 cm³/mol. The zero-order chi connectivity index (χ0) is 63.2. The molecule has 4 unspecified atom stereocenters. The SMILES string of the molecule is CCC(C)CCCCCCCCCCC(=O)OC[C@H](COP(=O)(O)OC[C@@H](O)COP(=O)(O)OC[C@@H](COC(=O)CCCCCCCCC(C)CC)OC(=O)CCCCCCCCCCCCCC(C)C)OC(=O)CCCCCCCCC(C)C. The minimum absolute atomic E-state index is 0.101. The first-order valence-corrected chi connectivity index (χ1v) is 37.3. The molecule has 0 amide bonds. The van der Waals surface area contributed by atoms with Gasteiger partial charge in [-0.15, -0.1) is 0 Å². The molecule has 0 heterocycles. The van der Waals surface area contributed by atoms with Gasteiger partial charge >= 0.3 is 39.5 Å². The Hall–Kier alpha value is -1.94. The predicted octanol–water partition coefficient (Wildman–Crippen LogP) is 18.1. The maximum absolute atomic E-state index is 13.0. The molecule has 19 heteroatoms. The van der Waals surface area contributed by atoms with Gasteiger partial charge in [0.1, 0.15) is 19.3 Å². The second-order valence-corrected chi connectivity index (χ2v) is 28.2. The molecule has 0 aliphatic carbocycles. The van der Waals surface area contributed by atoms with Gasteiger partial charge in [0.05, 0.1) is 26.4 Å². The second-order valence-electron chi connectivity index (χ2n) is 25.3. The van der Waals surface area contributed by atoms with Crippen LogP contribution in [0.15, 0.2) is 0 Å². The van der Waals surface area contributed by atoms with E-state index in [4.69, 9.17) is 37.0 Å². The minimum atomic E-state index is -4.95.